The Kier molecular flexibility index (Phi) is 6.01. The van der Waals surface area contributed by atoms with Crippen LogP contribution >= 0.6 is 11.8 Å². The van der Waals surface area contributed by atoms with Crippen LogP contribution in [-0.4, -0.2) is 16.8 Å². The number of carbonyl (C=O) groups is 1. The minimum Gasteiger partial charge on any atom is -0.478 e. The van der Waals surface area contributed by atoms with Gasteiger partial charge in [-0.25, -0.2) is 4.79 Å². The van der Waals surface area contributed by atoms with E-state index in [4.69, 9.17) is 5.11 Å². The van der Waals surface area contributed by atoms with E-state index in [1.165, 1.54) is 25.7 Å². The minimum absolute atomic E-state index is 0.357. The largest absolute Gasteiger partial charge is 0.478 e. The Morgan fingerprint density at radius 3 is 2.44 bits per heavy atom. The summed E-state index contributed by atoms with van der Waals surface area (Å²) >= 11 is 1.80. The fourth-order valence-corrected chi connectivity index (χ4v) is 2.33. The van der Waals surface area contributed by atoms with Gasteiger partial charge in [0.1, 0.15) is 0 Å². The first-order valence-corrected chi connectivity index (χ1v) is 6.68. The van der Waals surface area contributed by atoms with Crippen LogP contribution in [-0.2, 0) is 0 Å². The van der Waals surface area contributed by atoms with E-state index in [9.17, 15) is 4.79 Å². The average Bonchev–Trinajstić information content (AvgIpc) is 2.29. The summed E-state index contributed by atoms with van der Waals surface area (Å²) in [5, 5.41) is 8.74. The normalized spacial score (nSPS) is 10.3. The zero-order valence-electron chi connectivity index (χ0n) is 9.61. The van der Waals surface area contributed by atoms with Crippen LogP contribution < -0.4 is 0 Å². The molecule has 1 rings (SSSR count). The first-order chi connectivity index (χ1) is 7.74. The third-order valence-corrected chi connectivity index (χ3v) is 3.47. The second-order valence-electron chi connectivity index (χ2n) is 3.74. The molecule has 0 atom stereocenters. The van der Waals surface area contributed by atoms with Gasteiger partial charge in [-0.15, -0.1) is 11.8 Å². The van der Waals surface area contributed by atoms with E-state index >= 15 is 0 Å². The molecule has 0 saturated carbocycles. The fraction of sp³-hybridized carbons (Fsp3) is 0.462. The fourth-order valence-electron chi connectivity index (χ4n) is 1.41. The highest BCUT2D eigenvalue weighted by Crippen LogP contribution is 2.20. The zero-order chi connectivity index (χ0) is 11.8. The quantitative estimate of drug-likeness (QED) is 0.575. The molecule has 0 aromatic heterocycles. The number of thioether (sulfide) groups is 1. The lowest BCUT2D eigenvalue weighted by Gasteiger charge is -2.02. The maximum absolute atomic E-state index is 10.6. The van der Waals surface area contributed by atoms with Crippen molar-refractivity contribution < 1.29 is 9.90 Å². The first kappa shape index (κ1) is 13.1. The molecule has 0 amide bonds. The van der Waals surface area contributed by atoms with Crippen LogP contribution in [0.1, 0.15) is 43.0 Å². The Morgan fingerprint density at radius 1 is 1.19 bits per heavy atom. The lowest BCUT2D eigenvalue weighted by Crippen LogP contribution is -1.94. The predicted octanol–water partition coefficient (Wildman–Crippen LogP) is 4.06. The molecule has 0 bridgehead atoms. The molecule has 0 radical (unpaired) electrons. The van der Waals surface area contributed by atoms with Crippen LogP contribution in [0.3, 0.4) is 0 Å². The molecule has 0 spiro atoms. The number of unbranched alkanes of at least 4 members (excludes halogenated alkanes) is 3. The van der Waals surface area contributed by atoms with Gasteiger partial charge in [0.2, 0.25) is 0 Å². The van der Waals surface area contributed by atoms with E-state index in [1.807, 2.05) is 12.1 Å². The molecule has 88 valence electrons. The van der Waals surface area contributed by atoms with Crippen molar-refractivity contribution in [1.82, 2.24) is 0 Å². The van der Waals surface area contributed by atoms with E-state index in [0.717, 1.165) is 10.6 Å². The third-order valence-electron chi connectivity index (χ3n) is 2.37. The molecular weight excluding hydrogens is 220 g/mol. The van der Waals surface area contributed by atoms with Gasteiger partial charge in [-0.2, -0.15) is 0 Å². The van der Waals surface area contributed by atoms with Gasteiger partial charge in [-0.1, -0.05) is 26.2 Å². The van der Waals surface area contributed by atoms with E-state index in [-0.39, 0.29) is 0 Å². The van der Waals surface area contributed by atoms with E-state index < -0.39 is 5.97 Å². The molecule has 0 fully saturated rings. The standard InChI is InChI=1S/C13H18O2S/c1-2-3-4-5-10-16-12-8-6-11(7-9-12)13(14)15/h6-9H,2-5,10H2,1H3,(H,14,15). The summed E-state index contributed by atoms with van der Waals surface area (Å²) in [6, 6.07) is 7.09. The summed E-state index contributed by atoms with van der Waals surface area (Å²) in [5.74, 6) is 0.256. The number of hydrogen-bond acceptors (Lipinski definition) is 2. The smallest absolute Gasteiger partial charge is 0.335 e. The van der Waals surface area contributed by atoms with Crippen LogP contribution in [0.15, 0.2) is 29.2 Å². The van der Waals surface area contributed by atoms with Gasteiger partial charge in [0.25, 0.3) is 0 Å². The molecule has 1 aromatic carbocycles. The van der Waals surface area contributed by atoms with E-state index in [1.54, 1.807) is 23.9 Å². The molecule has 0 saturated heterocycles. The average molecular weight is 238 g/mol. The number of carboxylic acid groups (broad SMARTS) is 1. The van der Waals surface area contributed by atoms with Gasteiger partial charge < -0.3 is 5.11 Å². The molecule has 2 nitrogen and oxygen atoms in total. The van der Waals surface area contributed by atoms with Crippen molar-refractivity contribution in [1.29, 1.82) is 0 Å². The van der Waals surface area contributed by atoms with Gasteiger partial charge in [-0.05, 0) is 36.4 Å². The zero-order valence-corrected chi connectivity index (χ0v) is 10.4. The summed E-state index contributed by atoms with van der Waals surface area (Å²) in [7, 11) is 0. The van der Waals surface area contributed by atoms with Crippen LogP contribution in [0, 0.1) is 0 Å². The van der Waals surface area contributed by atoms with Crippen LogP contribution in [0.4, 0.5) is 0 Å². The molecule has 0 heterocycles. The molecule has 0 aliphatic heterocycles. The number of carboxylic acids is 1. The van der Waals surface area contributed by atoms with Gasteiger partial charge in [0.05, 0.1) is 5.56 Å². The topological polar surface area (TPSA) is 37.3 Å². The predicted molar refractivity (Wildman–Crippen MR) is 68.3 cm³/mol. The van der Waals surface area contributed by atoms with Crippen molar-refractivity contribution >= 4 is 17.7 Å². The Morgan fingerprint density at radius 2 is 1.88 bits per heavy atom. The summed E-state index contributed by atoms with van der Waals surface area (Å²) in [6.45, 7) is 2.21. The summed E-state index contributed by atoms with van der Waals surface area (Å²) < 4.78 is 0. The Bertz CT molecular complexity index is 319. The second kappa shape index (κ2) is 7.34. The summed E-state index contributed by atoms with van der Waals surface area (Å²) in [5.41, 5.74) is 0.357. The van der Waals surface area contributed by atoms with Crippen molar-refractivity contribution in [2.24, 2.45) is 0 Å². The maximum atomic E-state index is 10.6. The highest BCUT2D eigenvalue weighted by Gasteiger charge is 2.01. The lowest BCUT2D eigenvalue weighted by atomic mass is 10.2. The van der Waals surface area contributed by atoms with Crippen molar-refractivity contribution in [3.05, 3.63) is 29.8 Å². The lowest BCUT2D eigenvalue weighted by molar-refractivity contribution is 0.0697. The molecular formula is C13H18O2S. The highest BCUT2D eigenvalue weighted by molar-refractivity contribution is 7.99. The van der Waals surface area contributed by atoms with Gasteiger partial charge in [0.15, 0.2) is 0 Å². The third kappa shape index (κ3) is 4.71. The molecule has 1 aromatic rings. The Hall–Kier alpha value is -0.960. The minimum atomic E-state index is -0.862. The number of hydrogen-bond donors (Lipinski definition) is 1. The molecule has 0 aliphatic rings. The number of benzene rings is 1. The number of rotatable bonds is 7. The summed E-state index contributed by atoms with van der Waals surface area (Å²) in [4.78, 5) is 11.8. The van der Waals surface area contributed by atoms with Crippen molar-refractivity contribution in [3.63, 3.8) is 0 Å². The molecule has 0 unspecified atom stereocenters. The first-order valence-electron chi connectivity index (χ1n) is 5.70. The van der Waals surface area contributed by atoms with Crippen molar-refractivity contribution in [2.45, 2.75) is 37.5 Å². The molecule has 0 aliphatic carbocycles. The Labute approximate surface area is 101 Å². The highest BCUT2D eigenvalue weighted by atomic mass is 32.2. The molecule has 1 N–H and O–H groups in total. The monoisotopic (exact) mass is 238 g/mol. The molecule has 16 heavy (non-hydrogen) atoms. The van der Waals surface area contributed by atoms with Gasteiger partial charge >= 0.3 is 5.97 Å². The van der Waals surface area contributed by atoms with Gasteiger partial charge in [0, 0.05) is 4.90 Å². The Balaban J connectivity index is 2.29. The van der Waals surface area contributed by atoms with Crippen LogP contribution in [0.5, 0.6) is 0 Å². The molecule has 3 heteroatoms. The van der Waals surface area contributed by atoms with Crippen molar-refractivity contribution in [2.75, 3.05) is 5.75 Å². The van der Waals surface area contributed by atoms with E-state index in [0.29, 0.717) is 5.56 Å². The summed E-state index contributed by atoms with van der Waals surface area (Å²) in [6.07, 6.45) is 5.09. The number of aromatic carboxylic acids is 1. The van der Waals surface area contributed by atoms with E-state index in [2.05, 4.69) is 6.92 Å². The second-order valence-corrected chi connectivity index (χ2v) is 4.91. The maximum Gasteiger partial charge on any atom is 0.335 e. The van der Waals surface area contributed by atoms with Gasteiger partial charge in [-0.3, -0.25) is 0 Å². The van der Waals surface area contributed by atoms with Crippen LogP contribution in [0.25, 0.3) is 0 Å². The SMILES string of the molecule is CCCCCCSc1ccc(C(=O)O)cc1. The van der Waals surface area contributed by atoms with Crippen LogP contribution in [0.2, 0.25) is 0 Å². The van der Waals surface area contributed by atoms with Crippen molar-refractivity contribution in [3.8, 4) is 0 Å².